The fraction of sp³-hybridized carbons (Fsp3) is 0.765. The summed E-state index contributed by atoms with van der Waals surface area (Å²) >= 11 is 0. The Balaban J connectivity index is 3.94. The second-order valence-electron chi connectivity index (χ2n) is 6.27. The zero-order valence-electron chi connectivity index (χ0n) is 12.9. The maximum atomic E-state index is 12.1. The largest absolute Gasteiger partial charge is 0.216 e. The van der Waals surface area contributed by atoms with Crippen LogP contribution in [0.15, 0.2) is 24.6 Å². The highest BCUT2D eigenvalue weighted by Crippen LogP contribution is 2.26. The molecule has 0 aliphatic rings. The lowest BCUT2D eigenvalue weighted by Gasteiger charge is -2.22. The average Bonchev–Trinajstić information content (AvgIpc) is 2.32. The molecule has 0 bridgehead atoms. The molecular weight excluding hydrogens is 223 g/mol. The van der Waals surface area contributed by atoms with E-state index in [-0.39, 0.29) is 0 Å². The maximum absolute atomic E-state index is 12.1. The van der Waals surface area contributed by atoms with Crippen LogP contribution in [-0.2, 0) is 0 Å². The fourth-order valence-corrected chi connectivity index (χ4v) is 2.11. The SMILES string of the molecule is C=C(/C=C/F)C(C)CCC(C)C(C)CCC(C)C. The summed E-state index contributed by atoms with van der Waals surface area (Å²) in [5.74, 6) is 2.71. The van der Waals surface area contributed by atoms with Gasteiger partial charge in [-0.15, -0.1) is 0 Å². The van der Waals surface area contributed by atoms with E-state index in [0.717, 1.165) is 29.7 Å². The number of halogens is 1. The molecule has 0 N–H and O–H groups in total. The first-order valence-corrected chi connectivity index (χ1v) is 7.34. The second kappa shape index (κ2) is 9.35. The molecule has 3 atom stereocenters. The van der Waals surface area contributed by atoms with Gasteiger partial charge in [0.1, 0.15) is 0 Å². The quantitative estimate of drug-likeness (QED) is 0.433. The Hall–Kier alpha value is -0.590. The Morgan fingerprint density at radius 3 is 1.89 bits per heavy atom. The number of rotatable bonds is 9. The minimum absolute atomic E-state index is 0.386. The monoisotopic (exact) mass is 254 g/mol. The molecule has 18 heavy (non-hydrogen) atoms. The van der Waals surface area contributed by atoms with E-state index in [1.165, 1.54) is 25.3 Å². The molecule has 0 saturated heterocycles. The highest BCUT2D eigenvalue weighted by molar-refractivity contribution is 5.15. The Morgan fingerprint density at radius 2 is 1.44 bits per heavy atom. The number of allylic oxidation sites excluding steroid dienone is 2. The summed E-state index contributed by atoms with van der Waals surface area (Å²) in [7, 11) is 0. The van der Waals surface area contributed by atoms with Crippen molar-refractivity contribution in [3.63, 3.8) is 0 Å². The summed E-state index contributed by atoms with van der Waals surface area (Å²) in [6.45, 7) is 15.3. The van der Waals surface area contributed by atoms with Gasteiger partial charge < -0.3 is 0 Å². The fourth-order valence-electron chi connectivity index (χ4n) is 2.11. The van der Waals surface area contributed by atoms with Crippen LogP contribution in [0.2, 0.25) is 0 Å². The first kappa shape index (κ1) is 17.4. The van der Waals surface area contributed by atoms with E-state index < -0.39 is 0 Å². The van der Waals surface area contributed by atoms with Gasteiger partial charge in [-0.05, 0) is 42.6 Å². The van der Waals surface area contributed by atoms with Crippen molar-refractivity contribution >= 4 is 0 Å². The van der Waals surface area contributed by atoms with E-state index in [4.69, 9.17) is 0 Å². The third-order valence-corrected chi connectivity index (χ3v) is 4.14. The third kappa shape index (κ3) is 7.68. The highest BCUT2D eigenvalue weighted by Gasteiger charge is 2.14. The van der Waals surface area contributed by atoms with Gasteiger partial charge in [0.15, 0.2) is 0 Å². The van der Waals surface area contributed by atoms with E-state index >= 15 is 0 Å². The van der Waals surface area contributed by atoms with Crippen molar-refractivity contribution < 1.29 is 4.39 Å². The highest BCUT2D eigenvalue weighted by atomic mass is 19.1. The summed E-state index contributed by atoms with van der Waals surface area (Å²) in [6, 6.07) is 0. The Labute approximate surface area is 113 Å². The molecule has 0 aliphatic heterocycles. The van der Waals surface area contributed by atoms with Crippen LogP contribution in [0.5, 0.6) is 0 Å². The lowest BCUT2D eigenvalue weighted by molar-refractivity contribution is 0.306. The van der Waals surface area contributed by atoms with Crippen molar-refractivity contribution in [2.24, 2.45) is 23.7 Å². The van der Waals surface area contributed by atoms with Gasteiger partial charge in [0.05, 0.1) is 6.33 Å². The molecule has 0 aromatic heterocycles. The molecule has 0 heterocycles. The van der Waals surface area contributed by atoms with Crippen LogP contribution >= 0.6 is 0 Å². The van der Waals surface area contributed by atoms with Crippen LogP contribution in [-0.4, -0.2) is 0 Å². The van der Waals surface area contributed by atoms with Crippen LogP contribution in [0.25, 0.3) is 0 Å². The van der Waals surface area contributed by atoms with Gasteiger partial charge >= 0.3 is 0 Å². The van der Waals surface area contributed by atoms with Crippen LogP contribution < -0.4 is 0 Å². The van der Waals surface area contributed by atoms with E-state index in [9.17, 15) is 4.39 Å². The van der Waals surface area contributed by atoms with Crippen molar-refractivity contribution in [2.45, 2.75) is 60.3 Å². The van der Waals surface area contributed by atoms with Gasteiger partial charge in [-0.2, -0.15) is 0 Å². The van der Waals surface area contributed by atoms with Crippen LogP contribution in [0, 0.1) is 23.7 Å². The molecule has 0 amide bonds. The number of hydrogen-bond acceptors (Lipinski definition) is 0. The van der Waals surface area contributed by atoms with Gasteiger partial charge in [-0.25, -0.2) is 4.39 Å². The summed E-state index contributed by atoms with van der Waals surface area (Å²) in [5, 5.41) is 0. The molecule has 0 rings (SSSR count). The average molecular weight is 254 g/mol. The molecule has 0 saturated carbocycles. The van der Waals surface area contributed by atoms with Crippen LogP contribution in [0.3, 0.4) is 0 Å². The van der Waals surface area contributed by atoms with Gasteiger partial charge in [0, 0.05) is 0 Å². The predicted octanol–water partition coefficient (Wildman–Crippen LogP) is 6.15. The molecule has 0 aromatic rings. The summed E-state index contributed by atoms with van der Waals surface area (Å²) in [5.41, 5.74) is 0.902. The predicted molar refractivity (Wildman–Crippen MR) is 80.2 cm³/mol. The van der Waals surface area contributed by atoms with Crippen molar-refractivity contribution in [1.82, 2.24) is 0 Å². The Morgan fingerprint density at radius 1 is 0.944 bits per heavy atom. The van der Waals surface area contributed by atoms with E-state index in [1.807, 2.05) is 0 Å². The van der Waals surface area contributed by atoms with Gasteiger partial charge in [-0.1, -0.05) is 59.6 Å². The molecule has 106 valence electrons. The summed E-state index contributed by atoms with van der Waals surface area (Å²) < 4.78 is 12.1. The van der Waals surface area contributed by atoms with Crippen LogP contribution in [0.4, 0.5) is 4.39 Å². The lowest BCUT2D eigenvalue weighted by atomic mass is 9.84. The topological polar surface area (TPSA) is 0 Å². The second-order valence-corrected chi connectivity index (χ2v) is 6.27. The molecule has 0 aromatic carbocycles. The zero-order valence-corrected chi connectivity index (χ0v) is 12.9. The van der Waals surface area contributed by atoms with Gasteiger partial charge in [0.25, 0.3) is 0 Å². The molecule has 0 spiro atoms. The first-order chi connectivity index (χ1) is 8.38. The first-order valence-electron chi connectivity index (χ1n) is 7.34. The van der Waals surface area contributed by atoms with Crippen LogP contribution in [0.1, 0.15) is 60.3 Å². The summed E-state index contributed by atoms with van der Waals surface area (Å²) in [6.07, 6.45) is 7.03. The van der Waals surface area contributed by atoms with Crippen molar-refractivity contribution in [3.05, 3.63) is 24.6 Å². The Bertz CT molecular complexity index is 252. The van der Waals surface area contributed by atoms with Gasteiger partial charge in [-0.3, -0.25) is 0 Å². The maximum Gasteiger partial charge on any atom is 0.0869 e. The Kier molecular flexibility index (Phi) is 9.05. The molecule has 3 unspecified atom stereocenters. The van der Waals surface area contributed by atoms with Crippen molar-refractivity contribution in [1.29, 1.82) is 0 Å². The van der Waals surface area contributed by atoms with E-state index in [0.29, 0.717) is 12.2 Å². The summed E-state index contributed by atoms with van der Waals surface area (Å²) in [4.78, 5) is 0. The zero-order chi connectivity index (χ0) is 14.1. The normalized spacial score (nSPS) is 17.1. The van der Waals surface area contributed by atoms with Crippen molar-refractivity contribution in [2.75, 3.05) is 0 Å². The standard InChI is InChI=1S/C17H31F/c1-13(2)7-8-14(3)15(4)9-10-16(5)17(6)11-12-18/h11-16H,6-10H2,1-5H3/b12-11+. The molecule has 0 aliphatic carbocycles. The number of hydrogen-bond donors (Lipinski definition) is 0. The van der Waals surface area contributed by atoms with Gasteiger partial charge in [0.2, 0.25) is 0 Å². The molecule has 0 nitrogen and oxygen atoms in total. The van der Waals surface area contributed by atoms with Crippen molar-refractivity contribution in [3.8, 4) is 0 Å². The molecular formula is C17H31F. The third-order valence-electron chi connectivity index (χ3n) is 4.14. The minimum atomic E-state index is 0.386. The lowest BCUT2D eigenvalue weighted by Crippen LogP contribution is -2.11. The van der Waals surface area contributed by atoms with E-state index in [2.05, 4.69) is 41.2 Å². The molecule has 1 heteroatoms. The molecule has 0 radical (unpaired) electrons. The molecule has 0 fully saturated rings. The minimum Gasteiger partial charge on any atom is -0.216 e. The smallest absolute Gasteiger partial charge is 0.0869 e. The van der Waals surface area contributed by atoms with E-state index in [1.54, 1.807) is 0 Å².